The van der Waals surface area contributed by atoms with Crippen LogP contribution in [0, 0.1) is 20.8 Å². The smallest absolute Gasteiger partial charge is 0.0473 e. The largest absolute Gasteiger partial charge is 0.329 e. The lowest BCUT2D eigenvalue weighted by atomic mass is 9.93. The van der Waals surface area contributed by atoms with E-state index in [0.29, 0.717) is 12.6 Å². The van der Waals surface area contributed by atoms with Crippen molar-refractivity contribution in [3.63, 3.8) is 0 Å². The molecule has 2 N–H and O–H groups in total. The summed E-state index contributed by atoms with van der Waals surface area (Å²) in [5, 5.41) is 0. The molecular formula is C16H29N3. The van der Waals surface area contributed by atoms with Crippen molar-refractivity contribution in [3.8, 4) is 0 Å². The minimum absolute atomic E-state index is 0.306. The number of hydrogen-bond donors (Lipinski definition) is 1. The molecule has 108 valence electrons. The van der Waals surface area contributed by atoms with E-state index in [1.165, 1.54) is 22.3 Å². The van der Waals surface area contributed by atoms with Crippen LogP contribution in [0.5, 0.6) is 0 Å². The normalized spacial score (nSPS) is 13.3. The molecule has 0 aromatic heterocycles. The molecule has 1 rings (SSSR count). The second-order valence-corrected chi connectivity index (χ2v) is 5.85. The van der Waals surface area contributed by atoms with Crippen molar-refractivity contribution < 1.29 is 0 Å². The van der Waals surface area contributed by atoms with Crippen molar-refractivity contribution in [2.75, 3.05) is 40.8 Å². The maximum atomic E-state index is 6.03. The standard InChI is InChI=1S/C16H29N3/c1-12-9-13(2)16(14(3)10-12)15(11-17)19(6)8-7-18(4)5/h9-10,15H,7-8,11,17H2,1-6H3. The van der Waals surface area contributed by atoms with E-state index < -0.39 is 0 Å². The van der Waals surface area contributed by atoms with Crippen molar-refractivity contribution in [2.24, 2.45) is 5.73 Å². The molecule has 3 nitrogen and oxygen atoms in total. The average Bonchev–Trinajstić information content (AvgIpc) is 2.30. The summed E-state index contributed by atoms with van der Waals surface area (Å²) in [7, 11) is 6.38. The van der Waals surface area contributed by atoms with Gasteiger partial charge in [0.1, 0.15) is 0 Å². The van der Waals surface area contributed by atoms with Gasteiger partial charge < -0.3 is 10.6 Å². The van der Waals surface area contributed by atoms with Gasteiger partial charge in [-0.3, -0.25) is 4.90 Å². The summed E-state index contributed by atoms with van der Waals surface area (Å²) in [5.41, 5.74) is 11.5. The molecule has 0 heterocycles. The lowest BCUT2D eigenvalue weighted by molar-refractivity contribution is 0.221. The maximum Gasteiger partial charge on any atom is 0.0473 e. The van der Waals surface area contributed by atoms with E-state index in [1.807, 2.05) is 0 Å². The van der Waals surface area contributed by atoms with Gasteiger partial charge in [0.2, 0.25) is 0 Å². The van der Waals surface area contributed by atoms with Gasteiger partial charge in [-0.2, -0.15) is 0 Å². The van der Waals surface area contributed by atoms with Crippen molar-refractivity contribution in [2.45, 2.75) is 26.8 Å². The molecule has 3 heteroatoms. The topological polar surface area (TPSA) is 32.5 Å². The molecule has 0 radical (unpaired) electrons. The molecule has 0 saturated carbocycles. The first-order valence-electron chi connectivity index (χ1n) is 6.99. The summed E-state index contributed by atoms with van der Waals surface area (Å²) in [6, 6.07) is 4.82. The zero-order valence-corrected chi connectivity index (χ0v) is 13.3. The Morgan fingerprint density at radius 3 is 1.95 bits per heavy atom. The second-order valence-electron chi connectivity index (χ2n) is 5.85. The second kappa shape index (κ2) is 7.04. The molecule has 1 aromatic rings. The number of hydrogen-bond acceptors (Lipinski definition) is 3. The Kier molecular flexibility index (Phi) is 5.98. The molecule has 1 unspecified atom stereocenters. The Morgan fingerprint density at radius 2 is 1.53 bits per heavy atom. The minimum atomic E-state index is 0.306. The van der Waals surface area contributed by atoms with Crippen LogP contribution in [0.4, 0.5) is 0 Å². The number of aryl methyl sites for hydroxylation is 3. The van der Waals surface area contributed by atoms with Gasteiger partial charge in [0, 0.05) is 25.7 Å². The monoisotopic (exact) mass is 263 g/mol. The first-order chi connectivity index (χ1) is 8.86. The highest BCUT2D eigenvalue weighted by atomic mass is 15.2. The molecule has 0 amide bonds. The van der Waals surface area contributed by atoms with E-state index in [2.05, 4.69) is 63.8 Å². The van der Waals surface area contributed by atoms with Crippen molar-refractivity contribution in [1.29, 1.82) is 0 Å². The van der Waals surface area contributed by atoms with Gasteiger partial charge in [0.05, 0.1) is 0 Å². The van der Waals surface area contributed by atoms with Crippen LogP contribution in [0.3, 0.4) is 0 Å². The predicted molar refractivity (Wildman–Crippen MR) is 83.6 cm³/mol. The van der Waals surface area contributed by atoms with Crippen LogP contribution in [-0.4, -0.2) is 50.6 Å². The summed E-state index contributed by atoms with van der Waals surface area (Å²) in [4.78, 5) is 4.57. The van der Waals surface area contributed by atoms with Crippen molar-refractivity contribution >= 4 is 0 Å². The summed E-state index contributed by atoms with van der Waals surface area (Å²) >= 11 is 0. The Hall–Kier alpha value is -0.900. The SMILES string of the molecule is Cc1cc(C)c(C(CN)N(C)CCN(C)C)c(C)c1. The zero-order chi connectivity index (χ0) is 14.6. The molecule has 0 bridgehead atoms. The molecule has 0 fully saturated rings. The molecular weight excluding hydrogens is 234 g/mol. The van der Waals surface area contributed by atoms with Crippen LogP contribution in [-0.2, 0) is 0 Å². The first kappa shape index (κ1) is 16.2. The van der Waals surface area contributed by atoms with Crippen LogP contribution in [0.1, 0.15) is 28.3 Å². The highest BCUT2D eigenvalue weighted by Gasteiger charge is 2.19. The van der Waals surface area contributed by atoms with Gasteiger partial charge in [-0.05, 0) is 58.6 Å². The Morgan fingerprint density at radius 1 is 1.00 bits per heavy atom. The number of nitrogens with two attached hydrogens (primary N) is 1. The summed E-state index contributed by atoms with van der Waals surface area (Å²) in [6.45, 7) is 9.28. The molecule has 0 aliphatic rings. The predicted octanol–water partition coefficient (Wildman–Crippen LogP) is 2.11. The van der Waals surface area contributed by atoms with Crippen molar-refractivity contribution in [3.05, 3.63) is 34.4 Å². The molecule has 1 atom stereocenters. The third kappa shape index (κ3) is 4.30. The van der Waals surface area contributed by atoms with Gasteiger partial charge in [0.15, 0.2) is 0 Å². The quantitative estimate of drug-likeness (QED) is 0.853. The lowest BCUT2D eigenvalue weighted by Gasteiger charge is -2.31. The van der Waals surface area contributed by atoms with Gasteiger partial charge in [0.25, 0.3) is 0 Å². The average molecular weight is 263 g/mol. The van der Waals surface area contributed by atoms with E-state index >= 15 is 0 Å². The van der Waals surface area contributed by atoms with Crippen LogP contribution < -0.4 is 5.73 Å². The summed E-state index contributed by atoms with van der Waals surface area (Å²) in [5.74, 6) is 0. The van der Waals surface area contributed by atoms with E-state index in [9.17, 15) is 0 Å². The fraction of sp³-hybridized carbons (Fsp3) is 0.625. The first-order valence-corrected chi connectivity index (χ1v) is 6.99. The van der Waals surface area contributed by atoms with E-state index in [0.717, 1.165) is 13.1 Å². The Labute approximate surface area is 118 Å². The molecule has 0 aliphatic carbocycles. The van der Waals surface area contributed by atoms with Crippen molar-refractivity contribution in [1.82, 2.24) is 9.80 Å². The van der Waals surface area contributed by atoms with Crippen LogP contribution >= 0.6 is 0 Å². The third-order valence-corrected chi connectivity index (χ3v) is 3.73. The van der Waals surface area contributed by atoms with Gasteiger partial charge >= 0.3 is 0 Å². The minimum Gasteiger partial charge on any atom is -0.329 e. The molecule has 0 saturated heterocycles. The maximum absolute atomic E-state index is 6.03. The van der Waals surface area contributed by atoms with E-state index in [4.69, 9.17) is 5.73 Å². The number of benzene rings is 1. The van der Waals surface area contributed by atoms with Gasteiger partial charge in [-0.1, -0.05) is 17.7 Å². The molecule has 0 aliphatic heterocycles. The third-order valence-electron chi connectivity index (χ3n) is 3.73. The summed E-state index contributed by atoms with van der Waals surface area (Å²) in [6.07, 6.45) is 0. The van der Waals surface area contributed by atoms with E-state index in [-0.39, 0.29) is 0 Å². The lowest BCUT2D eigenvalue weighted by Crippen LogP contribution is -2.36. The number of rotatable bonds is 6. The summed E-state index contributed by atoms with van der Waals surface area (Å²) < 4.78 is 0. The van der Waals surface area contributed by atoms with Gasteiger partial charge in [-0.25, -0.2) is 0 Å². The van der Waals surface area contributed by atoms with Gasteiger partial charge in [-0.15, -0.1) is 0 Å². The molecule has 0 spiro atoms. The Balaban J connectivity index is 2.97. The van der Waals surface area contributed by atoms with Crippen LogP contribution in [0.25, 0.3) is 0 Å². The fourth-order valence-electron chi connectivity index (χ4n) is 2.75. The molecule has 19 heavy (non-hydrogen) atoms. The highest BCUT2D eigenvalue weighted by Crippen LogP contribution is 2.26. The Bertz CT molecular complexity index is 389. The van der Waals surface area contributed by atoms with Crippen LogP contribution in [0.2, 0.25) is 0 Å². The van der Waals surface area contributed by atoms with E-state index in [1.54, 1.807) is 0 Å². The van der Waals surface area contributed by atoms with Crippen LogP contribution in [0.15, 0.2) is 12.1 Å². The zero-order valence-electron chi connectivity index (χ0n) is 13.3. The highest BCUT2D eigenvalue weighted by molar-refractivity contribution is 5.39. The number of likely N-dealkylation sites (N-methyl/N-ethyl adjacent to an activating group) is 2. The fourth-order valence-corrected chi connectivity index (χ4v) is 2.75. The molecule has 1 aromatic carbocycles. The number of nitrogens with zero attached hydrogens (tertiary/aromatic N) is 2.